The van der Waals surface area contributed by atoms with Crippen molar-refractivity contribution in [3.05, 3.63) is 58.7 Å². The van der Waals surface area contributed by atoms with E-state index in [2.05, 4.69) is 56.7 Å². The molecule has 0 radical (unpaired) electrons. The minimum absolute atomic E-state index is 0.202. The molecule has 1 fully saturated rings. The lowest BCUT2D eigenvalue weighted by molar-refractivity contribution is -0.137. The van der Waals surface area contributed by atoms with Gasteiger partial charge in [0.15, 0.2) is 0 Å². The Bertz CT molecular complexity index is 726. The number of hydrogen-bond acceptors (Lipinski definition) is 4. The lowest BCUT2D eigenvalue weighted by Crippen LogP contribution is -2.52. The van der Waals surface area contributed by atoms with Crippen molar-refractivity contribution >= 4 is 27.7 Å². The average Bonchev–Trinajstić information content (AvgIpc) is 2.73. The first-order chi connectivity index (χ1) is 13.1. The Labute approximate surface area is 170 Å². The zero-order valence-electron chi connectivity index (χ0n) is 16.0. The Kier molecular flexibility index (Phi) is 6.85. The maximum atomic E-state index is 13.4. The zero-order chi connectivity index (χ0) is 19.2. The molecule has 2 aromatic rings. The lowest BCUT2D eigenvalue weighted by atomic mass is 10.0. The number of likely N-dealkylation sites (N-methyl/N-ethyl adjacent to an activating group) is 1. The van der Waals surface area contributed by atoms with Gasteiger partial charge in [0.2, 0.25) is 5.91 Å². The standard InChI is InChI=1S/C21H27BrN4O/c1-3-24(4-2)20(17-8-6-5-7-9-17)21(27)26-14-12-25(13-15-26)19-11-10-18(22)16-23-19/h5-11,16,20H,3-4,12-15H2,1-2H3. The molecule has 0 aliphatic carbocycles. The smallest absolute Gasteiger partial charge is 0.244 e. The maximum absolute atomic E-state index is 13.4. The van der Waals surface area contributed by atoms with Crippen LogP contribution in [0.5, 0.6) is 0 Å². The molecule has 5 nitrogen and oxygen atoms in total. The minimum atomic E-state index is -0.210. The first-order valence-corrected chi connectivity index (χ1v) is 10.4. The third-order valence-electron chi connectivity index (χ3n) is 5.15. The van der Waals surface area contributed by atoms with Crippen molar-refractivity contribution in [1.29, 1.82) is 0 Å². The number of benzene rings is 1. The van der Waals surface area contributed by atoms with Crippen molar-refractivity contribution < 1.29 is 4.79 Å². The van der Waals surface area contributed by atoms with Crippen LogP contribution in [0.4, 0.5) is 5.82 Å². The molecule has 0 N–H and O–H groups in total. The van der Waals surface area contributed by atoms with Crippen molar-refractivity contribution in [2.24, 2.45) is 0 Å². The molecule has 1 saturated heterocycles. The van der Waals surface area contributed by atoms with Crippen LogP contribution in [0.25, 0.3) is 0 Å². The molecule has 1 atom stereocenters. The zero-order valence-corrected chi connectivity index (χ0v) is 17.6. The van der Waals surface area contributed by atoms with Crippen molar-refractivity contribution in [2.45, 2.75) is 19.9 Å². The number of nitrogens with zero attached hydrogens (tertiary/aromatic N) is 4. The van der Waals surface area contributed by atoms with E-state index in [1.807, 2.05) is 41.4 Å². The van der Waals surface area contributed by atoms with Gasteiger partial charge in [0.05, 0.1) is 0 Å². The van der Waals surface area contributed by atoms with Gasteiger partial charge >= 0.3 is 0 Å². The van der Waals surface area contributed by atoms with E-state index in [4.69, 9.17) is 0 Å². The van der Waals surface area contributed by atoms with Crippen molar-refractivity contribution in [1.82, 2.24) is 14.8 Å². The summed E-state index contributed by atoms with van der Waals surface area (Å²) in [5, 5.41) is 0. The minimum Gasteiger partial charge on any atom is -0.353 e. The number of anilines is 1. The second-order valence-corrected chi connectivity index (χ2v) is 7.60. The molecule has 6 heteroatoms. The summed E-state index contributed by atoms with van der Waals surface area (Å²) < 4.78 is 0.977. The quantitative estimate of drug-likeness (QED) is 0.701. The van der Waals surface area contributed by atoms with Gasteiger partial charge in [0, 0.05) is 36.8 Å². The Balaban J connectivity index is 1.71. The summed E-state index contributed by atoms with van der Waals surface area (Å²) in [5.74, 6) is 1.17. The van der Waals surface area contributed by atoms with Gasteiger partial charge in [0.25, 0.3) is 0 Å². The van der Waals surface area contributed by atoms with Gasteiger partial charge in [-0.15, -0.1) is 0 Å². The Hall–Kier alpha value is -1.92. The molecule has 3 rings (SSSR count). The van der Waals surface area contributed by atoms with Crippen molar-refractivity contribution in [3.8, 4) is 0 Å². The molecule has 1 aliphatic rings. The van der Waals surface area contributed by atoms with Crippen LogP contribution in [0.2, 0.25) is 0 Å². The fourth-order valence-electron chi connectivity index (χ4n) is 3.62. The monoisotopic (exact) mass is 430 g/mol. The summed E-state index contributed by atoms with van der Waals surface area (Å²) in [7, 11) is 0. The van der Waals surface area contributed by atoms with E-state index in [9.17, 15) is 4.79 Å². The first kappa shape index (κ1) is 19.8. The molecular formula is C21H27BrN4O. The molecule has 2 heterocycles. The van der Waals surface area contributed by atoms with Gasteiger partial charge in [-0.2, -0.15) is 0 Å². The second-order valence-electron chi connectivity index (χ2n) is 6.68. The van der Waals surface area contributed by atoms with Crippen molar-refractivity contribution in [2.75, 3.05) is 44.2 Å². The molecule has 1 amide bonds. The number of pyridine rings is 1. The van der Waals surface area contributed by atoms with Crippen LogP contribution in [0, 0.1) is 0 Å². The predicted octanol–water partition coefficient (Wildman–Crippen LogP) is 3.58. The Morgan fingerprint density at radius 2 is 1.74 bits per heavy atom. The van der Waals surface area contributed by atoms with Crippen molar-refractivity contribution in [3.63, 3.8) is 0 Å². The van der Waals surface area contributed by atoms with Crippen LogP contribution in [0.3, 0.4) is 0 Å². The van der Waals surface area contributed by atoms with Crippen LogP contribution >= 0.6 is 15.9 Å². The summed E-state index contributed by atoms with van der Waals surface area (Å²) in [6, 6.07) is 13.9. The highest BCUT2D eigenvalue weighted by molar-refractivity contribution is 9.10. The molecule has 27 heavy (non-hydrogen) atoms. The van der Waals surface area contributed by atoms with Crippen LogP contribution in [-0.4, -0.2) is 60.0 Å². The molecule has 0 saturated carbocycles. The SMILES string of the molecule is CCN(CC)C(C(=O)N1CCN(c2ccc(Br)cn2)CC1)c1ccccc1. The maximum Gasteiger partial charge on any atom is 0.244 e. The van der Waals surface area contributed by atoms with Crippen LogP contribution in [0.1, 0.15) is 25.5 Å². The van der Waals surface area contributed by atoms with Gasteiger partial charge in [-0.05, 0) is 46.7 Å². The number of halogens is 1. The van der Waals surface area contributed by atoms with E-state index < -0.39 is 0 Å². The highest BCUT2D eigenvalue weighted by Crippen LogP contribution is 2.24. The van der Waals surface area contributed by atoms with E-state index in [1.165, 1.54) is 0 Å². The number of rotatable bonds is 6. The van der Waals surface area contributed by atoms with Gasteiger partial charge in [-0.1, -0.05) is 44.2 Å². The number of aromatic nitrogens is 1. The highest BCUT2D eigenvalue weighted by Gasteiger charge is 2.31. The summed E-state index contributed by atoms with van der Waals surface area (Å²) in [6.07, 6.45) is 1.82. The molecule has 1 aromatic heterocycles. The molecule has 1 aliphatic heterocycles. The number of amides is 1. The van der Waals surface area contributed by atoms with E-state index in [1.54, 1.807) is 0 Å². The lowest BCUT2D eigenvalue weighted by Gasteiger charge is -2.39. The first-order valence-electron chi connectivity index (χ1n) is 9.58. The van der Waals surface area contributed by atoms with E-state index in [0.717, 1.165) is 55.1 Å². The third-order valence-corrected chi connectivity index (χ3v) is 5.62. The third kappa shape index (κ3) is 4.68. The van der Waals surface area contributed by atoms with Crippen LogP contribution in [0.15, 0.2) is 53.1 Å². The van der Waals surface area contributed by atoms with Gasteiger partial charge in [-0.3, -0.25) is 9.69 Å². The van der Waals surface area contributed by atoms with E-state index in [-0.39, 0.29) is 11.9 Å². The normalized spacial score (nSPS) is 15.9. The molecule has 0 bridgehead atoms. The van der Waals surface area contributed by atoms with Crippen LogP contribution < -0.4 is 4.90 Å². The predicted molar refractivity (Wildman–Crippen MR) is 113 cm³/mol. The summed E-state index contributed by atoms with van der Waals surface area (Å²) in [6.45, 7) is 8.99. The molecule has 1 aromatic carbocycles. The molecule has 144 valence electrons. The molecule has 0 spiro atoms. The summed E-state index contributed by atoms with van der Waals surface area (Å²) >= 11 is 3.42. The summed E-state index contributed by atoms with van der Waals surface area (Å²) in [4.78, 5) is 24.3. The number of carbonyl (C=O) groups is 1. The highest BCUT2D eigenvalue weighted by atomic mass is 79.9. The summed E-state index contributed by atoms with van der Waals surface area (Å²) in [5.41, 5.74) is 1.07. The van der Waals surface area contributed by atoms with Gasteiger partial charge < -0.3 is 9.80 Å². The molecular weight excluding hydrogens is 404 g/mol. The average molecular weight is 431 g/mol. The Morgan fingerprint density at radius 1 is 1.07 bits per heavy atom. The second kappa shape index (κ2) is 9.33. The van der Waals surface area contributed by atoms with E-state index >= 15 is 0 Å². The fraction of sp³-hybridized carbons (Fsp3) is 0.429. The number of carbonyl (C=O) groups excluding carboxylic acids is 1. The van der Waals surface area contributed by atoms with Gasteiger partial charge in [0.1, 0.15) is 11.9 Å². The van der Waals surface area contributed by atoms with E-state index in [0.29, 0.717) is 0 Å². The Morgan fingerprint density at radius 3 is 2.30 bits per heavy atom. The van der Waals surface area contributed by atoms with Gasteiger partial charge in [-0.25, -0.2) is 4.98 Å². The topological polar surface area (TPSA) is 39.7 Å². The number of piperazine rings is 1. The van der Waals surface area contributed by atoms with Crippen LogP contribution in [-0.2, 0) is 4.79 Å². The fourth-order valence-corrected chi connectivity index (χ4v) is 3.85. The largest absolute Gasteiger partial charge is 0.353 e. The molecule has 1 unspecified atom stereocenters. The number of hydrogen-bond donors (Lipinski definition) is 0.